The normalized spacial score (nSPS) is 19.8. The van der Waals surface area contributed by atoms with Gasteiger partial charge >= 0.3 is 0 Å². The number of hydrogen-bond acceptors (Lipinski definition) is 6. The van der Waals surface area contributed by atoms with Crippen LogP contribution < -0.4 is 15.0 Å². The molecule has 0 spiro atoms. The van der Waals surface area contributed by atoms with Crippen LogP contribution in [0.15, 0.2) is 36.5 Å². The first-order valence-corrected chi connectivity index (χ1v) is 11.1. The molecular formula is C23H25FN6O3. The summed E-state index contributed by atoms with van der Waals surface area (Å²) in [4.78, 5) is 34.1. The Morgan fingerprint density at radius 2 is 2.03 bits per heavy atom. The van der Waals surface area contributed by atoms with E-state index in [1.165, 1.54) is 18.2 Å². The molecule has 1 fully saturated rings. The third-order valence-electron chi connectivity index (χ3n) is 6.15. The maximum absolute atomic E-state index is 14.1. The van der Waals surface area contributed by atoms with Crippen molar-refractivity contribution in [2.24, 2.45) is 0 Å². The molecule has 0 aliphatic carbocycles. The van der Waals surface area contributed by atoms with E-state index in [0.29, 0.717) is 25.3 Å². The van der Waals surface area contributed by atoms with Crippen molar-refractivity contribution >= 4 is 23.3 Å². The van der Waals surface area contributed by atoms with Gasteiger partial charge in [0, 0.05) is 38.9 Å². The zero-order chi connectivity index (χ0) is 22.9. The molecule has 1 saturated heterocycles. The van der Waals surface area contributed by atoms with E-state index in [1.54, 1.807) is 15.6 Å². The van der Waals surface area contributed by atoms with Crippen LogP contribution in [0.3, 0.4) is 0 Å². The van der Waals surface area contributed by atoms with Gasteiger partial charge in [-0.2, -0.15) is 9.61 Å². The Morgan fingerprint density at radius 1 is 1.15 bits per heavy atom. The molecule has 2 aliphatic rings. The second-order valence-corrected chi connectivity index (χ2v) is 8.35. The molecule has 9 nitrogen and oxygen atoms in total. The summed E-state index contributed by atoms with van der Waals surface area (Å²) in [5.74, 6) is -0.198. The maximum atomic E-state index is 14.1. The number of aromatic nitrogens is 3. The van der Waals surface area contributed by atoms with E-state index in [4.69, 9.17) is 9.84 Å². The summed E-state index contributed by atoms with van der Waals surface area (Å²) >= 11 is 0. The number of ether oxygens (including phenoxy) is 1. The maximum Gasteiger partial charge on any atom is 0.258 e. The van der Waals surface area contributed by atoms with Crippen LogP contribution in [0, 0.1) is 5.82 Å². The number of likely N-dealkylation sites (N-methyl/N-ethyl adjacent to an activating group) is 1. The van der Waals surface area contributed by atoms with Crippen molar-refractivity contribution in [3.63, 3.8) is 0 Å². The van der Waals surface area contributed by atoms with Crippen molar-refractivity contribution in [3.8, 4) is 5.75 Å². The Bertz CT molecular complexity index is 1210. The fraction of sp³-hybridized carbons (Fsp3) is 0.391. The molecule has 2 aliphatic heterocycles. The summed E-state index contributed by atoms with van der Waals surface area (Å²) in [6.45, 7) is 1.20. The molecule has 3 aromatic rings. The van der Waals surface area contributed by atoms with Crippen LogP contribution in [0.2, 0.25) is 0 Å². The van der Waals surface area contributed by atoms with Gasteiger partial charge < -0.3 is 19.9 Å². The number of fused-ring (bicyclic) bond motifs is 4. The molecule has 5 rings (SSSR count). The number of carbonyl (C=O) groups excluding carboxylic acids is 2. The Labute approximate surface area is 190 Å². The Hall–Kier alpha value is -3.69. The van der Waals surface area contributed by atoms with Crippen LogP contribution in [0.4, 0.5) is 10.2 Å². The molecule has 2 bridgehead atoms. The number of anilines is 1. The van der Waals surface area contributed by atoms with Crippen molar-refractivity contribution in [2.75, 3.05) is 38.2 Å². The number of benzene rings is 1. The predicted octanol–water partition coefficient (Wildman–Crippen LogP) is 2.18. The lowest BCUT2D eigenvalue weighted by Crippen LogP contribution is -2.39. The molecule has 1 unspecified atom stereocenters. The van der Waals surface area contributed by atoms with Crippen LogP contribution in [0.25, 0.3) is 5.65 Å². The lowest BCUT2D eigenvalue weighted by Gasteiger charge is -2.35. The molecule has 0 radical (unpaired) electrons. The van der Waals surface area contributed by atoms with Crippen LogP contribution in [0.5, 0.6) is 5.75 Å². The van der Waals surface area contributed by atoms with Crippen LogP contribution >= 0.6 is 0 Å². The Kier molecular flexibility index (Phi) is 5.57. The predicted molar refractivity (Wildman–Crippen MR) is 119 cm³/mol. The SMILES string of the molecule is CN1CCNC(=O)COc2ccc(F)cc2C(=O)N2CCCCC2c2cc3nccc1n3n2. The zero-order valence-electron chi connectivity index (χ0n) is 18.3. The van der Waals surface area contributed by atoms with Gasteiger partial charge in [0.25, 0.3) is 11.8 Å². The highest BCUT2D eigenvalue weighted by Crippen LogP contribution is 2.34. The molecule has 1 N–H and O–H groups in total. The Balaban J connectivity index is 1.62. The standard InChI is InChI=1S/C23H25FN6O3/c1-28-11-9-26-21(31)14-33-19-6-5-15(24)12-16(19)23(32)29-10-3-2-4-18(29)17-13-20-25-8-7-22(28)30(20)27-17/h5-8,12-13,18H,2-4,9-11,14H2,1H3,(H,26,31). The number of halogens is 1. The smallest absolute Gasteiger partial charge is 0.258 e. The monoisotopic (exact) mass is 452 g/mol. The van der Waals surface area contributed by atoms with E-state index in [0.717, 1.165) is 30.8 Å². The van der Waals surface area contributed by atoms with Crippen molar-refractivity contribution in [3.05, 3.63) is 53.6 Å². The van der Waals surface area contributed by atoms with E-state index in [1.807, 2.05) is 24.1 Å². The van der Waals surface area contributed by atoms with Gasteiger partial charge in [0.15, 0.2) is 12.3 Å². The van der Waals surface area contributed by atoms with Crippen molar-refractivity contribution in [2.45, 2.75) is 25.3 Å². The average molecular weight is 452 g/mol. The molecule has 1 atom stereocenters. The first-order valence-electron chi connectivity index (χ1n) is 11.1. The second kappa shape index (κ2) is 8.68. The minimum atomic E-state index is -0.539. The summed E-state index contributed by atoms with van der Waals surface area (Å²) in [7, 11) is 1.92. The number of nitrogens with one attached hydrogen (secondary N) is 1. The summed E-state index contributed by atoms with van der Waals surface area (Å²) in [6, 6.07) is 7.28. The molecule has 33 heavy (non-hydrogen) atoms. The molecule has 2 aromatic heterocycles. The van der Waals surface area contributed by atoms with E-state index in [-0.39, 0.29) is 35.8 Å². The minimum Gasteiger partial charge on any atom is -0.483 e. The zero-order valence-corrected chi connectivity index (χ0v) is 18.3. The van der Waals surface area contributed by atoms with E-state index < -0.39 is 5.82 Å². The molecular weight excluding hydrogens is 427 g/mol. The highest BCUT2D eigenvalue weighted by molar-refractivity contribution is 5.97. The van der Waals surface area contributed by atoms with Gasteiger partial charge in [-0.1, -0.05) is 0 Å². The lowest BCUT2D eigenvalue weighted by molar-refractivity contribution is -0.123. The summed E-state index contributed by atoms with van der Waals surface area (Å²) in [5, 5.41) is 7.61. The fourth-order valence-corrected chi connectivity index (χ4v) is 4.46. The first kappa shape index (κ1) is 21.2. The molecule has 172 valence electrons. The van der Waals surface area contributed by atoms with Crippen LogP contribution in [-0.2, 0) is 4.79 Å². The first-order chi connectivity index (χ1) is 16.0. The molecule has 0 saturated carbocycles. The molecule has 1 aromatic carbocycles. The summed E-state index contributed by atoms with van der Waals surface area (Å²) in [5.41, 5.74) is 1.52. The van der Waals surface area contributed by atoms with E-state index in [2.05, 4.69) is 10.3 Å². The number of nitrogens with zero attached hydrogens (tertiary/aromatic N) is 5. The third kappa shape index (κ3) is 4.08. The second-order valence-electron chi connectivity index (χ2n) is 8.35. The number of hydrogen-bond donors (Lipinski definition) is 1. The van der Waals surface area contributed by atoms with E-state index in [9.17, 15) is 14.0 Å². The molecule has 4 heterocycles. The van der Waals surface area contributed by atoms with Crippen LogP contribution in [0.1, 0.15) is 41.4 Å². The summed E-state index contributed by atoms with van der Waals surface area (Å²) < 4.78 is 21.5. The minimum absolute atomic E-state index is 0.101. The molecule has 2 amide bonds. The average Bonchev–Trinajstić information content (AvgIpc) is 3.26. The van der Waals surface area contributed by atoms with Gasteiger partial charge in [0.05, 0.1) is 17.3 Å². The Morgan fingerprint density at radius 3 is 2.91 bits per heavy atom. The largest absolute Gasteiger partial charge is 0.483 e. The number of rotatable bonds is 0. The fourth-order valence-electron chi connectivity index (χ4n) is 4.46. The van der Waals surface area contributed by atoms with Gasteiger partial charge in [0.1, 0.15) is 17.4 Å². The van der Waals surface area contributed by atoms with Gasteiger partial charge in [-0.15, -0.1) is 0 Å². The quantitative estimate of drug-likeness (QED) is 0.562. The third-order valence-corrected chi connectivity index (χ3v) is 6.15. The number of piperidine rings is 1. The van der Waals surface area contributed by atoms with Gasteiger partial charge in [0.2, 0.25) is 0 Å². The number of amides is 2. The molecule has 10 heteroatoms. The highest BCUT2D eigenvalue weighted by Gasteiger charge is 2.32. The van der Waals surface area contributed by atoms with Crippen molar-refractivity contribution < 1.29 is 18.7 Å². The highest BCUT2D eigenvalue weighted by atomic mass is 19.1. The lowest BCUT2D eigenvalue weighted by atomic mass is 9.98. The van der Waals surface area contributed by atoms with E-state index >= 15 is 0 Å². The summed E-state index contributed by atoms with van der Waals surface area (Å²) in [6.07, 6.45) is 4.26. The van der Waals surface area contributed by atoms with Crippen LogP contribution in [-0.4, -0.2) is 64.6 Å². The van der Waals surface area contributed by atoms with Gasteiger partial charge in [-0.25, -0.2) is 9.37 Å². The topological polar surface area (TPSA) is 92.1 Å². The van der Waals surface area contributed by atoms with Gasteiger partial charge in [-0.05, 0) is 43.5 Å². The van der Waals surface area contributed by atoms with Crippen molar-refractivity contribution in [1.82, 2.24) is 24.8 Å². The number of carbonyl (C=O) groups is 2. The van der Waals surface area contributed by atoms with Crippen molar-refractivity contribution in [1.29, 1.82) is 0 Å². The van der Waals surface area contributed by atoms with Gasteiger partial charge in [-0.3, -0.25) is 9.59 Å².